The minimum absolute atomic E-state index is 0.134. The van der Waals surface area contributed by atoms with Crippen LogP contribution < -0.4 is 5.56 Å². The van der Waals surface area contributed by atoms with Crippen molar-refractivity contribution in [2.24, 2.45) is 7.05 Å². The van der Waals surface area contributed by atoms with Crippen LogP contribution >= 0.6 is 11.3 Å². The van der Waals surface area contributed by atoms with Crippen LogP contribution in [0.5, 0.6) is 0 Å². The first-order valence-electron chi connectivity index (χ1n) is 5.29. The number of aromatic nitrogens is 3. The van der Waals surface area contributed by atoms with E-state index < -0.39 is 11.2 Å². The highest BCUT2D eigenvalue weighted by Gasteiger charge is 2.29. The van der Waals surface area contributed by atoms with Gasteiger partial charge in [0.25, 0.3) is 5.56 Å². The molecule has 90 valence electrons. The highest BCUT2D eigenvalue weighted by molar-refractivity contribution is 7.92. The molecule has 3 rings (SSSR count). The lowest BCUT2D eigenvalue weighted by Gasteiger charge is -2.04. The Morgan fingerprint density at radius 1 is 1.47 bits per heavy atom. The fourth-order valence-corrected chi connectivity index (χ4v) is 3.38. The van der Waals surface area contributed by atoms with E-state index >= 15 is 0 Å². The summed E-state index contributed by atoms with van der Waals surface area (Å²) in [4.78, 5) is 21.3. The van der Waals surface area contributed by atoms with E-state index in [1.807, 2.05) is 0 Å². The van der Waals surface area contributed by atoms with Crippen LogP contribution in [-0.4, -0.2) is 25.3 Å². The number of fused-ring (bicyclic) bond motifs is 1. The van der Waals surface area contributed by atoms with Crippen LogP contribution in [0.4, 0.5) is 0 Å². The molecule has 1 aliphatic rings. The molecule has 1 unspecified atom stereocenters. The molecule has 2 heterocycles. The monoisotopic (exact) mass is 269 g/mol. The zero-order chi connectivity index (χ0) is 12.2. The number of nitrogens with zero attached hydrogens (tertiary/aromatic N) is 3. The van der Waals surface area contributed by atoms with Gasteiger partial charge in [0.15, 0.2) is 10.3 Å². The molecule has 1 aliphatic carbocycles. The largest absolute Gasteiger partial charge is 0.610 e. The molecule has 0 saturated heterocycles. The first-order valence-corrected chi connectivity index (χ1v) is 7.66. The van der Waals surface area contributed by atoms with Gasteiger partial charge in [0.05, 0.1) is 0 Å². The van der Waals surface area contributed by atoms with Crippen molar-refractivity contribution in [1.29, 1.82) is 0 Å². The zero-order valence-electron chi connectivity index (χ0n) is 9.47. The van der Waals surface area contributed by atoms with Crippen LogP contribution in [0.15, 0.2) is 9.13 Å². The van der Waals surface area contributed by atoms with Crippen molar-refractivity contribution in [3.8, 4) is 0 Å². The van der Waals surface area contributed by atoms with Gasteiger partial charge < -0.3 is 4.55 Å². The molecule has 0 radical (unpaired) electrons. The second kappa shape index (κ2) is 3.79. The molecule has 1 saturated carbocycles. The van der Waals surface area contributed by atoms with E-state index in [4.69, 9.17) is 0 Å². The van der Waals surface area contributed by atoms with Crippen molar-refractivity contribution in [3.05, 3.63) is 16.2 Å². The second-order valence-electron chi connectivity index (χ2n) is 4.20. The Labute approximate surface area is 105 Å². The Morgan fingerprint density at radius 3 is 2.76 bits per heavy atom. The van der Waals surface area contributed by atoms with Gasteiger partial charge in [0.1, 0.15) is 12.1 Å². The lowest BCUT2D eigenvalue weighted by Crippen LogP contribution is -2.21. The second-order valence-corrected chi connectivity index (χ2v) is 6.73. The van der Waals surface area contributed by atoms with Crippen molar-refractivity contribution in [2.75, 3.05) is 6.26 Å². The third-order valence-electron chi connectivity index (χ3n) is 2.85. The SMILES string of the molecule is Cn1c(C2CC2)nc2sc([S+](C)[O-])nc2c1=O. The molecule has 0 aliphatic heterocycles. The quantitative estimate of drug-likeness (QED) is 0.763. The molecular weight excluding hydrogens is 258 g/mol. The van der Waals surface area contributed by atoms with Crippen LogP contribution in [0.25, 0.3) is 10.3 Å². The van der Waals surface area contributed by atoms with E-state index in [2.05, 4.69) is 9.97 Å². The van der Waals surface area contributed by atoms with Gasteiger partial charge in [0, 0.05) is 24.1 Å². The lowest BCUT2D eigenvalue weighted by molar-refractivity contribution is 0.600. The minimum Gasteiger partial charge on any atom is -0.610 e. The standard InChI is InChI=1S/C10H11N3O2S2/c1-13-7(5-3-4-5)12-8-6(9(13)14)11-10(16-8)17(2)15/h5H,3-4H2,1-2H3. The topological polar surface area (TPSA) is 70.8 Å². The normalized spacial score (nSPS) is 17.6. The maximum absolute atomic E-state index is 12.1. The van der Waals surface area contributed by atoms with Gasteiger partial charge in [-0.1, -0.05) is 0 Å². The van der Waals surface area contributed by atoms with Crippen LogP contribution in [0.1, 0.15) is 24.6 Å². The van der Waals surface area contributed by atoms with Crippen molar-refractivity contribution < 1.29 is 4.55 Å². The van der Waals surface area contributed by atoms with Gasteiger partial charge in [-0.2, -0.15) is 4.98 Å². The van der Waals surface area contributed by atoms with Crippen LogP contribution in [0.3, 0.4) is 0 Å². The molecule has 2 aromatic heterocycles. The molecule has 5 nitrogen and oxygen atoms in total. The number of thiazole rings is 1. The van der Waals surface area contributed by atoms with E-state index in [0.29, 0.717) is 20.6 Å². The maximum Gasteiger partial charge on any atom is 0.304 e. The lowest BCUT2D eigenvalue weighted by atomic mass is 10.3. The summed E-state index contributed by atoms with van der Waals surface area (Å²) in [5.74, 6) is 1.24. The summed E-state index contributed by atoms with van der Waals surface area (Å²) >= 11 is 0.0930. The molecule has 0 spiro atoms. The highest BCUT2D eigenvalue weighted by atomic mass is 32.2. The molecule has 1 atom stereocenters. The average molecular weight is 269 g/mol. The van der Waals surface area contributed by atoms with Gasteiger partial charge in [0.2, 0.25) is 0 Å². The zero-order valence-corrected chi connectivity index (χ0v) is 11.1. The van der Waals surface area contributed by atoms with E-state index in [0.717, 1.165) is 18.7 Å². The molecule has 0 N–H and O–H groups in total. The molecular formula is C10H11N3O2S2. The molecule has 1 fully saturated rings. The summed E-state index contributed by atoms with van der Waals surface area (Å²) in [5, 5.41) is 0. The molecule has 17 heavy (non-hydrogen) atoms. The summed E-state index contributed by atoms with van der Waals surface area (Å²) in [6.07, 6.45) is 3.75. The fourth-order valence-electron chi connectivity index (χ4n) is 1.78. The summed E-state index contributed by atoms with van der Waals surface area (Å²) in [6, 6.07) is 0. The third-order valence-corrected chi connectivity index (χ3v) is 5.13. The van der Waals surface area contributed by atoms with E-state index in [1.165, 1.54) is 11.3 Å². The number of hydrogen-bond acceptors (Lipinski definition) is 5. The Balaban J connectivity index is 2.28. The van der Waals surface area contributed by atoms with Gasteiger partial charge in [-0.25, -0.2) is 4.98 Å². The van der Waals surface area contributed by atoms with Crippen molar-refractivity contribution in [3.63, 3.8) is 0 Å². The Bertz CT molecular complexity index is 643. The Hall–Kier alpha value is -0.920. The Kier molecular flexibility index (Phi) is 2.49. The van der Waals surface area contributed by atoms with Crippen LogP contribution in [0, 0.1) is 0 Å². The van der Waals surface area contributed by atoms with E-state index in [1.54, 1.807) is 17.9 Å². The smallest absolute Gasteiger partial charge is 0.304 e. The predicted octanol–water partition coefficient (Wildman–Crippen LogP) is 1.00. The van der Waals surface area contributed by atoms with Crippen LogP contribution in [-0.2, 0) is 18.2 Å². The van der Waals surface area contributed by atoms with Gasteiger partial charge >= 0.3 is 4.34 Å². The predicted molar refractivity (Wildman–Crippen MR) is 67.0 cm³/mol. The minimum atomic E-state index is -1.16. The van der Waals surface area contributed by atoms with Gasteiger partial charge in [-0.3, -0.25) is 9.36 Å². The highest BCUT2D eigenvalue weighted by Crippen LogP contribution is 2.39. The summed E-state index contributed by atoms with van der Waals surface area (Å²) < 4.78 is 13.4. The van der Waals surface area contributed by atoms with E-state index in [-0.39, 0.29) is 5.56 Å². The molecule has 0 amide bonds. The fraction of sp³-hybridized carbons (Fsp3) is 0.500. The van der Waals surface area contributed by atoms with E-state index in [9.17, 15) is 9.35 Å². The molecule has 2 aromatic rings. The summed E-state index contributed by atoms with van der Waals surface area (Å²) in [5.41, 5.74) is 0.206. The molecule has 7 heteroatoms. The average Bonchev–Trinajstić information content (AvgIpc) is 3.02. The molecule has 0 aromatic carbocycles. The maximum atomic E-state index is 12.1. The van der Waals surface area contributed by atoms with Crippen molar-refractivity contribution in [1.82, 2.24) is 14.5 Å². The summed E-state index contributed by atoms with van der Waals surface area (Å²) in [6.45, 7) is 0. The number of hydrogen-bond donors (Lipinski definition) is 0. The Morgan fingerprint density at radius 2 is 2.18 bits per heavy atom. The third kappa shape index (κ3) is 1.78. The van der Waals surface area contributed by atoms with Crippen molar-refractivity contribution >= 4 is 32.9 Å². The first-order chi connectivity index (χ1) is 8.08. The van der Waals surface area contributed by atoms with Gasteiger partial charge in [-0.15, -0.1) is 0 Å². The number of rotatable bonds is 2. The van der Waals surface area contributed by atoms with Gasteiger partial charge in [-0.05, 0) is 24.2 Å². The first kappa shape index (κ1) is 11.2. The molecule has 0 bridgehead atoms. The van der Waals surface area contributed by atoms with Crippen molar-refractivity contribution in [2.45, 2.75) is 23.1 Å². The van der Waals surface area contributed by atoms with Crippen LogP contribution in [0.2, 0.25) is 0 Å². The summed E-state index contributed by atoms with van der Waals surface area (Å²) in [7, 11) is 1.73.